The molecule has 2 aliphatic heterocycles. The lowest BCUT2D eigenvalue weighted by Gasteiger charge is -2.55. The number of aliphatic hydroxyl groups is 1. The van der Waals surface area contributed by atoms with Crippen molar-refractivity contribution in [2.24, 2.45) is 40.5 Å². The topological polar surface area (TPSA) is 109 Å². The molecule has 0 bridgehead atoms. The lowest BCUT2D eigenvalue weighted by atomic mass is 9.57. The molecule has 0 spiro atoms. The quantitative estimate of drug-likeness (QED) is 0.132. The third-order valence-corrected chi connectivity index (χ3v) is 9.88. The molecule has 3 aliphatic carbocycles. The van der Waals surface area contributed by atoms with Crippen LogP contribution in [-0.2, 0) is 0 Å². The van der Waals surface area contributed by atoms with Crippen LogP contribution < -0.4 is 16.4 Å². The molecule has 0 aromatic rings. The Morgan fingerprint density at radius 3 is 2.52 bits per heavy atom. The summed E-state index contributed by atoms with van der Waals surface area (Å²) in [6, 6.07) is -0.223. The lowest BCUT2D eigenvalue weighted by molar-refractivity contribution is -0.0747. The van der Waals surface area contributed by atoms with Crippen LogP contribution in [0.1, 0.15) is 44.9 Å². The van der Waals surface area contributed by atoms with Gasteiger partial charge in [-0.3, -0.25) is 15.5 Å². The number of alkyl halides is 2. The predicted octanol–water partition coefficient (Wildman–Crippen LogP) is 1.31. The molecule has 33 heavy (non-hydrogen) atoms. The maximum Gasteiger partial charge on any atom is 0.233 e. The Labute approximate surface area is 201 Å². The van der Waals surface area contributed by atoms with Crippen molar-refractivity contribution >= 4 is 17.6 Å². The van der Waals surface area contributed by atoms with Crippen LogP contribution in [-0.4, -0.2) is 88.8 Å². The highest BCUT2D eigenvalue weighted by atomic mass is 35.5. The molecule has 5 aliphatic rings. The van der Waals surface area contributed by atoms with E-state index in [4.69, 9.17) is 22.5 Å². The van der Waals surface area contributed by atoms with Gasteiger partial charge in [0, 0.05) is 56.1 Å². The molecule has 5 rings (SSSR count). The summed E-state index contributed by atoms with van der Waals surface area (Å²) in [5, 5.41) is 29.4. The summed E-state index contributed by atoms with van der Waals surface area (Å²) in [6.45, 7) is 3.46. The number of piperazine rings is 1. The SMILES string of the molecule is N/C(=N\O)N1CCN(C2NCNC3C(F)C(C4CC(O)CC5CCCCC54)C(Cl)CC32)CC1. The molecular formula is C23H40ClFN6O2. The van der Waals surface area contributed by atoms with E-state index in [9.17, 15) is 5.11 Å². The summed E-state index contributed by atoms with van der Waals surface area (Å²) in [7, 11) is 0. The molecule has 2 saturated heterocycles. The first-order chi connectivity index (χ1) is 16.0. The highest BCUT2D eigenvalue weighted by Gasteiger charge is 2.55. The smallest absolute Gasteiger partial charge is 0.233 e. The number of nitrogens with one attached hydrogen (secondary N) is 2. The molecule has 188 valence electrons. The zero-order valence-corrected chi connectivity index (χ0v) is 20.1. The van der Waals surface area contributed by atoms with Crippen molar-refractivity contribution in [2.45, 2.75) is 74.8 Å². The van der Waals surface area contributed by atoms with E-state index in [-0.39, 0.29) is 47.4 Å². The van der Waals surface area contributed by atoms with Crippen LogP contribution in [0, 0.1) is 29.6 Å². The number of nitrogens with zero attached hydrogens (tertiary/aromatic N) is 3. The summed E-state index contributed by atoms with van der Waals surface area (Å²) in [5.74, 6) is 1.24. The molecule has 2 heterocycles. The molecule has 0 radical (unpaired) electrons. The van der Waals surface area contributed by atoms with Crippen molar-refractivity contribution in [3.05, 3.63) is 0 Å². The molecule has 10 unspecified atom stereocenters. The second kappa shape index (κ2) is 10.0. The number of nitrogens with two attached hydrogens (primary N) is 1. The number of oxime groups is 1. The average Bonchev–Trinajstić information content (AvgIpc) is 2.83. The number of hydrogen-bond donors (Lipinski definition) is 5. The predicted molar refractivity (Wildman–Crippen MR) is 126 cm³/mol. The van der Waals surface area contributed by atoms with E-state index in [0.717, 1.165) is 32.4 Å². The molecular weight excluding hydrogens is 447 g/mol. The van der Waals surface area contributed by atoms with Crippen LogP contribution in [0.25, 0.3) is 0 Å². The Hall–Kier alpha value is -0.870. The third-order valence-electron chi connectivity index (χ3n) is 9.41. The maximum absolute atomic E-state index is 16.3. The Morgan fingerprint density at radius 1 is 1.00 bits per heavy atom. The molecule has 5 fully saturated rings. The Morgan fingerprint density at radius 2 is 1.76 bits per heavy atom. The van der Waals surface area contributed by atoms with E-state index in [2.05, 4.69) is 20.7 Å². The number of rotatable bonds is 2. The first-order valence-electron chi connectivity index (χ1n) is 12.9. The van der Waals surface area contributed by atoms with Gasteiger partial charge in [0.05, 0.1) is 12.3 Å². The van der Waals surface area contributed by atoms with Gasteiger partial charge in [-0.1, -0.05) is 24.4 Å². The van der Waals surface area contributed by atoms with Gasteiger partial charge in [-0.15, -0.1) is 11.6 Å². The van der Waals surface area contributed by atoms with E-state index in [1.807, 2.05) is 4.90 Å². The van der Waals surface area contributed by atoms with Crippen LogP contribution in [0.15, 0.2) is 5.16 Å². The summed E-state index contributed by atoms with van der Waals surface area (Å²) in [4.78, 5) is 4.22. The second-order valence-electron chi connectivity index (χ2n) is 11.0. The molecule has 8 nitrogen and oxygen atoms in total. The summed E-state index contributed by atoms with van der Waals surface area (Å²) in [5.41, 5.74) is 5.75. The summed E-state index contributed by atoms with van der Waals surface area (Å²) in [6.07, 6.45) is 5.87. The molecule has 0 aromatic heterocycles. The van der Waals surface area contributed by atoms with Gasteiger partial charge < -0.3 is 20.9 Å². The Bertz CT molecular complexity index is 710. The van der Waals surface area contributed by atoms with Gasteiger partial charge in [0.25, 0.3) is 0 Å². The van der Waals surface area contributed by atoms with E-state index in [1.54, 1.807) is 0 Å². The van der Waals surface area contributed by atoms with Crippen LogP contribution in [0.2, 0.25) is 0 Å². The van der Waals surface area contributed by atoms with Crippen LogP contribution in [0.3, 0.4) is 0 Å². The normalized spacial score (nSPS) is 47.6. The number of halogens is 2. The minimum absolute atomic E-state index is 0.0607. The van der Waals surface area contributed by atoms with Crippen LogP contribution in [0.4, 0.5) is 4.39 Å². The zero-order chi connectivity index (χ0) is 23.1. The highest BCUT2D eigenvalue weighted by molar-refractivity contribution is 6.21. The zero-order valence-electron chi connectivity index (χ0n) is 19.3. The third kappa shape index (κ3) is 4.56. The van der Waals surface area contributed by atoms with Crippen molar-refractivity contribution in [1.82, 2.24) is 20.4 Å². The summed E-state index contributed by atoms with van der Waals surface area (Å²) < 4.78 is 16.3. The molecule has 6 N–H and O–H groups in total. The van der Waals surface area contributed by atoms with Gasteiger partial charge in [-0.25, -0.2) is 4.39 Å². The fraction of sp³-hybridized carbons (Fsp3) is 0.957. The number of aliphatic hydroxyl groups excluding tert-OH is 1. The number of hydrogen-bond acceptors (Lipinski definition) is 6. The fourth-order valence-corrected chi connectivity index (χ4v) is 8.46. The first kappa shape index (κ1) is 23.9. The molecule has 10 atom stereocenters. The van der Waals surface area contributed by atoms with Gasteiger partial charge in [0.15, 0.2) is 0 Å². The van der Waals surface area contributed by atoms with Gasteiger partial charge in [-0.05, 0) is 43.4 Å². The van der Waals surface area contributed by atoms with Crippen LogP contribution >= 0.6 is 11.6 Å². The van der Waals surface area contributed by atoms with Gasteiger partial charge in [0.1, 0.15) is 6.17 Å². The fourth-order valence-electron chi connectivity index (χ4n) is 7.93. The van der Waals surface area contributed by atoms with Crippen LogP contribution in [0.5, 0.6) is 0 Å². The molecule has 0 aromatic carbocycles. The van der Waals surface area contributed by atoms with Crippen molar-refractivity contribution in [2.75, 3.05) is 32.8 Å². The van der Waals surface area contributed by atoms with E-state index in [0.29, 0.717) is 38.0 Å². The van der Waals surface area contributed by atoms with E-state index >= 15 is 4.39 Å². The first-order valence-corrected chi connectivity index (χ1v) is 13.3. The number of guanidine groups is 1. The lowest BCUT2D eigenvalue weighted by Crippen LogP contribution is -2.71. The number of fused-ring (bicyclic) bond motifs is 2. The van der Waals surface area contributed by atoms with Gasteiger partial charge in [0.2, 0.25) is 5.96 Å². The standard InChI is InChI=1S/C23H40ClFN6O2/c24-18-11-17-21(27-12-28-22(17)30-5-7-31(8-6-30)23(26)29-33)20(25)19(18)16-10-14(32)9-13-3-1-2-4-15(13)16/h13-22,27-28,32-33H,1-12H2,(H2,26,29). The van der Waals surface area contributed by atoms with E-state index in [1.165, 1.54) is 19.3 Å². The van der Waals surface area contributed by atoms with Crippen molar-refractivity contribution < 1.29 is 14.7 Å². The minimum atomic E-state index is -1.01. The minimum Gasteiger partial charge on any atom is -0.408 e. The van der Waals surface area contributed by atoms with Crippen molar-refractivity contribution in [3.63, 3.8) is 0 Å². The van der Waals surface area contributed by atoms with Gasteiger partial charge >= 0.3 is 0 Å². The summed E-state index contributed by atoms with van der Waals surface area (Å²) >= 11 is 7.03. The highest BCUT2D eigenvalue weighted by Crippen LogP contribution is 2.52. The van der Waals surface area contributed by atoms with Crippen molar-refractivity contribution in [1.29, 1.82) is 0 Å². The molecule has 3 saturated carbocycles. The second-order valence-corrected chi connectivity index (χ2v) is 11.5. The monoisotopic (exact) mass is 486 g/mol. The Kier molecular flexibility index (Phi) is 7.24. The average molecular weight is 487 g/mol. The largest absolute Gasteiger partial charge is 0.408 e. The molecule has 10 heteroatoms. The Balaban J connectivity index is 1.29. The van der Waals surface area contributed by atoms with Gasteiger partial charge in [-0.2, -0.15) is 0 Å². The molecule has 0 amide bonds. The maximum atomic E-state index is 16.3. The van der Waals surface area contributed by atoms with E-state index < -0.39 is 6.17 Å². The van der Waals surface area contributed by atoms with Crippen molar-refractivity contribution in [3.8, 4) is 0 Å².